The van der Waals surface area contributed by atoms with Crippen molar-refractivity contribution in [1.82, 2.24) is 0 Å². The quantitative estimate of drug-likeness (QED) is 0.0319. The highest BCUT2D eigenvalue weighted by Crippen LogP contribution is 2.36. The predicted octanol–water partition coefficient (Wildman–Crippen LogP) is 7.01. The highest BCUT2D eigenvalue weighted by Gasteiger charge is 2.54. The normalized spacial score (nSPS) is 26.9. The highest BCUT2D eigenvalue weighted by atomic mass is 16.7. The van der Waals surface area contributed by atoms with E-state index in [1.54, 1.807) is 74.5 Å². The third kappa shape index (κ3) is 11.8. The van der Waals surface area contributed by atoms with Gasteiger partial charge in [0.2, 0.25) is 0 Å². The van der Waals surface area contributed by atoms with E-state index in [0.29, 0.717) is 19.3 Å². The molecule has 8 unspecified atom stereocenters. The van der Waals surface area contributed by atoms with Gasteiger partial charge >= 0.3 is 17.9 Å². The van der Waals surface area contributed by atoms with Crippen molar-refractivity contribution in [3.63, 3.8) is 0 Å². The van der Waals surface area contributed by atoms with Gasteiger partial charge in [-0.3, -0.25) is 4.79 Å². The van der Waals surface area contributed by atoms with Crippen LogP contribution < -0.4 is 0 Å². The van der Waals surface area contributed by atoms with E-state index in [2.05, 4.69) is 20.1 Å². The average molecular weight is 787 g/mol. The maximum absolute atomic E-state index is 13.7. The second-order valence-corrected chi connectivity index (χ2v) is 13.4. The molecule has 2 saturated heterocycles. The van der Waals surface area contributed by atoms with Gasteiger partial charge in [0.1, 0.15) is 18.2 Å². The van der Waals surface area contributed by atoms with Crippen molar-refractivity contribution in [2.24, 2.45) is 10.2 Å². The van der Waals surface area contributed by atoms with Crippen LogP contribution in [-0.4, -0.2) is 92.9 Å². The number of ether oxygens (including phenoxy) is 8. The molecule has 0 radical (unpaired) electrons. The van der Waals surface area contributed by atoms with Crippen LogP contribution in [0.25, 0.3) is 20.9 Å². The fourth-order valence-corrected chi connectivity index (χ4v) is 6.55. The lowest BCUT2D eigenvalue weighted by Gasteiger charge is -2.48. The van der Waals surface area contributed by atoms with E-state index in [0.717, 1.165) is 5.56 Å². The Hall–Kier alpha value is -5.51. The van der Waals surface area contributed by atoms with Gasteiger partial charge in [-0.25, -0.2) is 9.59 Å². The van der Waals surface area contributed by atoms with Crippen molar-refractivity contribution in [1.29, 1.82) is 0 Å². The molecule has 17 heteroatoms. The molecule has 0 aromatic heterocycles. The number of hydrogen-bond donors (Lipinski definition) is 0. The van der Waals surface area contributed by atoms with Crippen molar-refractivity contribution in [3.05, 3.63) is 129 Å². The Balaban J connectivity index is 1.50. The number of hydrogen-bond acceptors (Lipinski definition) is 13. The maximum Gasteiger partial charge on any atom is 0.338 e. The number of benzene rings is 3. The van der Waals surface area contributed by atoms with E-state index in [1.807, 2.05) is 30.3 Å². The van der Waals surface area contributed by atoms with Gasteiger partial charge in [0.05, 0.1) is 43.1 Å². The minimum Gasteiger partial charge on any atom is -0.469 e. The molecule has 2 heterocycles. The Morgan fingerprint density at radius 3 is 1.74 bits per heavy atom. The third-order valence-electron chi connectivity index (χ3n) is 9.50. The molecule has 0 bridgehead atoms. The molecule has 3 aromatic carbocycles. The lowest BCUT2D eigenvalue weighted by Crippen LogP contribution is -2.64. The molecule has 0 N–H and O–H groups in total. The molecule has 2 aliphatic rings. The van der Waals surface area contributed by atoms with Crippen molar-refractivity contribution in [2.75, 3.05) is 13.7 Å². The molecule has 2 fully saturated rings. The first-order valence-electron chi connectivity index (χ1n) is 18.6. The van der Waals surface area contributed by atoms with Crippen LogP contribution in [0.2, 0.25) is 0 Å². The van der Waals surface area contributed by atoms with Crippen LogP contribution in [0.3, 0.4) is 0 Å². The van der Waals surface area contributed by atoms with Crippen molar-refractivity contribution < 1.29 is 52.3 Å². The highest BCUT2D eigenvalue weighted by molar-refractivity contribution is 5.90. The lowest BCUT2D eigenvalue weighted by atomic mass is 9.95. The van der Waals surface area contributed by atoms with E-state index in [1.165, 1.54) is 7.11 Å². The summed E-state index contributed by atoms with van der Waals surface area (Å²) in [6, 6.07) is 23.4. The molecule has 10 atom stereocenters. The fraction of sp³-hybridized carbons (Fsp3) is 0.475. The van der Waals surface area contributed by atoms with E-state index < -0.39 is 73.2 Å². The first-order valence-corrected chi connectivity index (χ1v) is 18.6. The average Bonchev–Trinajstić information content (AvgIpc) is 3.23. The van der Waals surface area contributed by atoms with Gasteiger partial charge in [-0.2, -0.15) is 0 Å². The van der Waals surface area contributed by atoms with E-state index in [-0.39, 0.29) is 36.7 Å². The van der Waals surface area contributed by atoms with Crippen LogP contribution in [0.1, 0.15) is 65.8 Å². The summed E-state index contributed by atoms with van der Waals surface area (Å²) in [6.07, 6.45) is -7.29. The number of carbonyl (C=O) groups is 3. The summed E-state index contributed by atoms with van der Waals surface area (Å²) in [5, 5.41) is 7.93. The van der Waals surface area contributed by atoms with Gasteiger partial charge in [-0.15, -0.1) is 0 Å². The molecule has 5 rings (SSSR count). The third-order valence-corrected chi connectivity index (χ3v) is 9.50. The van der Waals surface area contributed by atoms with Crippen molar-refractivity contribution in [3.8, 4) is 0 Å². The topological polar surface area (TPSA) is 223 Å². The molecule has 0 aliphatic carbocycles. The van der Waals surface area contributed by atoms with Gasteiger partial charge < -0.3 is 37.9 Å². The van der Waals surface area contributed by atoms with Crippen molar-refractivity contribution in [2.45, 2.75) is 107 Å². The summed E-state index contributed by atoms with van der Waals surface area (Å²) in [5.41, 5.74) is 20.5. The van der Waals surface area contributed by atoms with Crippen LogP contribution in [0.5, 0.6) is 0 Å². The molecule has 3 aromatic rings. The maximum atomic E-state index is 13.7. The molecular formula is C40H46N6O11. The van der Waals surface area contributed by atoms with E-state index >= 15 is 0 Å². The number of azide groups is 2. The van der Waals surface area contributed by atoms with Gasteiger partial charge in [-0.1, -0.05) is 83.4 Å². The van der Waals surface area contributed by atoms with Gasteiger partial charge in [0.25, 0.3) is 0 Å². The number of carbonyl (C=O) groups excluding carboxylic acids is 3. The summed E-state index contributed by atoms with van der Waals surface area (Å²) in [4.78, 5) is 44.9. The fourth-order valence-electron chi connectivity index (χ4n) is 6.55. The second kappa shape index (κ2) is 21.7. The largest absolute Gasteiger partial charge is 0.469 e. The molecule has 0 saturated carbocycles. The second-order valence-electron chi connectivity index (χ2n) is 13.4. The Kier molecular flexibility index (Phi) is 16.2. The smallest absolute Gasteiger partial charge is 0.338 e. The first kappa shape index (κ1) is 42.6. The van der Waals surface area contributed by atoms with E-state index in [9.17, 15) is 25.4 Å². The summed E-state index contributed by atoms with van der Waals surface area (Å²) in [6.45, 7) is 3.59. The Morgan fingerprint density at radius 2 is 1.18 bits per heavy atom. The molecule has 2 aliphatic heterocycles. The number of methoxy groups -OCH3 is 1. The number of nitrogens with zero attached hydrogens (tertiary/aromatic N) is 6. The zero-order chi connectivity index (χ0) is 40.6. The minimum absolute atomic E-state index is 0.0791. The molecule has 0 amide bonds. The monoisotopic (exact) mass is 786 g/mol. The van der Waals surface area contributed by atoms with Crippen LogP contribution in [-0.2, 0) is 49.3 Å². The van der Waals surface area contributed by atoms with Crippen LogP contribution >= 0.6 is 0 Å². The Bertz CT molecular complexity index is 1850. The predicted molar refractivity (Wildman–Crippen MR) is 202 cm³/mol. The number of rotatable bonds is 18. The zero-order valence-electron chi connectivity index (χ0n) is 31.9. The minimum atomic E-state index is -1.52. The van der Waals surface area contributed by atoms with Gasteiger partial charge in [0, 0.05) is 22.9 Å². The van der Waals surface area contributed by atoms with Gasteiger partial charge in [-0.05, 0) is 67.6 Å². The SMILES string of the molecule is COC(=O)CCCCCO[C@H]1OC(C)C(N=[N+]=[N-])C(O[C@H]2OC(C)C(N=[N+]=[N-])C(OC(=O)c3ccccc3)C2OC(=O)c2ccccc2)C1OCc1ccccc1. The van der Waals surface area contributed by atoms with Crippen LogP contribution in [0.4, 0.5) is 0 Å². The Morgan fingerprint density at radius 1 is 0.649 bits per heavy atom. The zero-order valence-corrected chi connectivity index (χ0v) is 31.9. The van der Waals surface area contributed by atoms with Crippen LogP contribution in [0.15, 0.2) is 101 Å². The van der Waals surface area contributed by atoms with Crippen molar-refractivity contribution >= 4 is 17.9 Å². The molecular weight excluding hydrogens is 740 g/mol. The molecule has 302 valence electrons. The number of unbranched alkanes of at least 4 members (excludes halogenated alkanes) is 2. The summed E-state index contributed by atoms with van der Waals surface area (Å²) in [7, 11) is 1.34. The van der Waals surface area contributed by atoms with Crippen LogP contribution in [0, 0.1) is 0 Å². The Labute approximate surface area is 329 Å². The first-order chi connectivity index (χ1) is 27.7. The molecule has 17 nitrogen and oxygen atoms in total. The van der Waals surface area contributed by atoms with E-state index in [4.69, 9.17) is 37.9 Å². The number of esters is 3. The van der Waals surface area contributed by atoms with Gasteiger partial charge in [0.15, 0.2) is 24.8 Å². The molecule has 0 spiro atoms. The molecule has 57 heavy (non-hydrogen) atoms. The summed E-state index contributed by atoms with van der Waals surface area (Å²) in [5.74, 6) is -1.87. The summed E-state index contributed by atoms with van der Waals surface area (Å²) >= 11 is 0. The standard InChI is InChI=1S/C40H46N6O11/c1-25-31(43-45-41)33(35(52-24-27-16-8-4-9-17-27)39(53-25)51-23-15-7-14-22-30(47)50-3)57-40-36(56-38(49)29-20-12-6-13-21-29)34(32(44-46-42)26(2)54-40)55-37(48)28-18-10-5-11-19-28/h4-6,8-13,16-21,25-26,31-36,39-40H,7,14-15,22-24H2,1-3H3/t25?,26?,31?,32?,33?,34?,35?,36?,39-,40+/m0/s1. The summed E-state index contributed by atoms with van der Waals surface area (Å²) < 4.78 is 48.8. The lowest BCUT2D eigenvalue weighted by molar-refractivity contribution is -0.336.